The molecule has 0 aromatic heterocycles. The minimum atomic E-state index is -0.440. The summed E-state index contributed by atoms with van der Waals surface area (Å²) in [6.07, 6.45) is 1.44. The first-order chi connectivity index (χ1) is 11.6. The number of halogens is 1. The summed E-state index contributed by atoms with van der Waals surface area (Å²) in [4.78, 5) is 16.6. The Morgan fingerprint density at radius 3 is 2.67 bits per heavy atom. The van der Waals surface area contributed by atoms with E-state index in [9.17, 15) is 9.18 Å². The highest BCUT2D eigenvalue weighted by Crippen LogP contribution is 2.26. The summed E-state index contributed by atoms with van der Waals surface area (Å²) in [5, 5.41) is 6.22. The number of hydrogen-bond acceptors (Lipinski definition) is 5. The molecule has 0 unspecified atom stereocenters. The van der Waals surface area contributed by atoms with Crippen LogP contribution in [0.3, 0.4) is 0 Å². The van der Waals surface area contributed by atoms with Crippen LogP contribution in [-0.4, -0.2) is 32.9 Å². The van der Waals surface area contributed by atoms with E-state index in [1.165, 1.54) is 31.5 Å². The van der Waals surface area contributed by atoms with Gasteiger partial charge in [-0.15, -0.1) is 0 Å². The van der Waals surface area contributed by atoms with Crippen LogP contribution >= 0.6 is 0 Å². The smallest absolute Gasteiger partial charge is 0.265 e. The van der Waals surface area contributed by atoms with Crippen molar-refractivity contribution in [2.24, 2.45) is 5.16 Å². The number of nitrogens with one attached hydrogen (secondary N) is 1. The standard InChI is InChI=1S/C17H17FN2O4/c1-22-15-7-6-12(8-16(15)23-2)10-19-24-11-17(21)20-14-5-3-4-13(18)9-14/h3-10H,11H2,1-2H3,(H,20,21)/b19-10-. The Hall–Kier alpha value is -3.09. The molecule has 7 heteroatoms. The van der Waals surface area contributed by atoms with Gasteiger partial charge in [0.1, 0.15) is 5.82 Å². The fourth-order valence-electron chi connectivity index (χ4n) is 1.89. The Bertz CT molecular complexity index is 734. The number of benzene rings is 2. The van der Waals surface area contributed by atoms with Crippen LogP contribution < -0.4 is 14.8 Å². The van der Waals surface area contributed by atoms with Crippen molar-refractivity contribution in [2.75, 3.05) is 26.1 Å². The second kappa shape index (κ2) is 8.52. The van der Waals surface area contributed by atoms with E-state index in [1.54, 1.807) is 31.4 Å². The molecule has 6 nitrogen and oxygen atoms in total. The third-order valence-electron chi connectivity index (χ3n) is 2.99. The fourth-order valence-corrected chi connectivity index (χ4v) is 1.89. The van der Waals surface area contributed by atoms with Crippen molar-refractivity contribution in [2.45, 2.75) is 0 Å². The average Bonchev–Trinajstić information content (AvgIpc) is 2.58. The summed E-state index contributed by atoms with van der Waals surface area (Å²) >= 11 is 0. The minimum Gasteiger partial charge on any atom is -0.493 e. The molecule has 2 rings (SSSR count). The first kappa shape index (κ1) is 17.3. The quantitative estimate of drug-likeness (QED) is 0.625. The van der Waals surface area contributed by atoms with Crippen molar-refractivity contribution in [3.05, 3.63) is 53.8 Å². The van der Waals surface area contributed by atoms with Crippen LogP contribution in [0.5, 0.6) is 11.5 Å². The number of nitrogens with zero attached hydrogens (tertiary/aromatic N) is 1. The highest BCUT2D eigenvalue weighted by atomic mass is 19.1. The van der Waals surface area contributed by atoms with E-state index in [4.69, 9.17) is 14.3 Å². The normalized spacial score (nSPS) is 10.5. The van der Waals surface area contributed by atoms with E-state index in [-0.39, 0.29) is 6.61 Å². The van der Waals surface area contributed by atoms with Gasteiger partial charge in [-0.1, -0.05) is 11.2 Å². The lowest BCUT2D eigenvalue weighted by Crippen LogP contribution is -2.17. The first-order valence-electron chi connectivity index (χ1n) is 7.05. The second-order valence-electron chi connectivity index (χ2n) is 4.68. The van der Waals surface area contributed by atoms with Gasteiger partial charge in [-0.05, 0) is 36.4 Å². The number of ether oxygens (including phenoxy) is 2. The van der Waals surface area contributed by atoms with Crippen molar-refractivity contribution in [1.29, 1.82) is 0 Å². The monoisotopic (exact) mass is 332 g/mol. The average molecular weight is 332 g/mol. The van der Waals surface area contributed by atoms with E-state index in [0.717, 1.165) is 5.56 Å². The molecule has 0 spiro atoms. The molecule has 2 aromatic carbocycles. The summed E-state index contributed by atoms with van der Waals surface area (Å²) in [6, 6.07) is 10.8. The molecule has 0 fully saturated rings. The maximum atomic E-state index is 13.0. The number of hydrogen-bond donors (Lipinski definition) is 1. The van der Waals surface area contributed by atoms with Gasteiger partial charge in [-0.3, -0.25) is 4.79 Å². The lowest BCUT2D eigenvalue weighted by atomic mass is 10.2. The number of rotatable bonds is 7. The van der Waals surface area contributed by atoms with Crippen LogP contribution in [-0.2, 0) is 9.63 Å². The third-order valence-corrected chi connectivity index (χ3v) is 2.99. The van der Waals surface area contributed by atoms with Gasteiger partial charge in [0, 0.05) is 11.3 Å². The van der Waals surface area contributed by atoms with Crippen LogP contribution in [0.15, 0.2) is 47.6 Å². The highest BCUT2D eigenvalue weighted by molar-refractivity contribution is 5.91. The first-order valence-corrected chi connectivity index (χ1v) is 7.05. The molecule has 0 saturated carbocycles. The van der Waals surface area contributed by atoms with E-state index in [2.05, 4.69) is 10.5 Å². The molecule has 0 bridgehead atoms. The Labute approximate surface area is 138 Å². The molecule has 0 aliphatic rings. The third kappa shape index (κ3) is 4.98. The van der Waals surface area contributed by atoms with Crippen molar-refractivity contribution >= 4 is 17.8 Å². The van der Waals surface area contributed by atoms with Gasteiger partial charge < -0.3 is 19.6 Å². The zero-order valence-electron chi connectivity index (χ0n) is 13.3. The van der Waals surface area contributed by atoms with Crippen LogP contribution in [0, 0.1) is 5.82 Å². The van der Waals surface area contributed by atoms with Gasteiger partial charge in [0.25, 0.3) is 5.91 Å². The number of amides is 1. The van der Waals surface area contributed by atoms with Gasteiger partial charge >= 0.3 is 0 Å². The van der Waals surface area contributed by atoms with Gasteiger partial charge in [0.15, 0.2) is 18.1 Å². The summed E-state index contributed by atoms with van der Waals surface area (Å²) in [5.74, 6) is 0.292. The lowest BCUT2D eigenvalue weighted by molar-refractivity contribution is -0.120. The van der Waals surface area contributed by atoms with E-state index in [0.29, 0.717) is 17.2 Å². The van der Waals surface area contributed by atoms with Crippen molar-refractivity contribution in [3.63, 3.8) is 0 Å². The number of oxime groups is 1. The van der Waals surface area contributed by atoms with Crippen molar-refractivity contribution in [3.8, 4) is 11.5 Å². The van der Waals surface area contributed by atoms with Gasteiger partial charge in [0.2, 0.25) is 0 Å². The molecule has 126 valence electrons. The largest absolute Gasteiger partial charge is 0.493 e. The predicted octanol–water partition coefficient (Wildman–Crippen LogP) is 2.83. The molecule has 24 heavy (non-hydrogen) atoms. The molecular formula is C17H17FN2O4. The molecule has 2 aromatic rings. The predicted molar refractivity (Wildman–Crippen MR) is 88.1 cm³/mol. The SMILES string of the molecule is COc1ccc(/C=N\OCC(=O)Nc2cccc(F)c2)cc1OC. The molecular weight excluding hydrogens is 315 g/mol. The molecule has 0 saturated heterocycles. The molecule has 1 amide bonds. The van der Waals surface area contributed by atoms with Gasteiger partial charge in [-0.2, -0.15) is 0 Å². The maximum absolute atomic E-state index is 13.0. The summed E-state index contributed by atoms with van der Waals surface area (Å²) in [7, 11) is 3.08. The van der Waals surface area contributed by atoms with Crippen molar-refractivity contribution in [1.82, 2.24) is 0 Å². The molecule has 0 atom stereocenters. The van der Waals surface area contributed by atoms with Crippen LogP contribution in [0.1, 0.15) is 5.56 Å². The van der Waals surface area contributed by atoms with Crippen LogP contribution in [0.2, 0.25) is 0 Å². The van der Waals surface area contributed by atoms with Crippen LogP contribution in [0.4, 0.5) is 10.1 Å². The van der Waals surface area contributed by atoms with Gasteiger partial charge in [0.05, 0.1) is 20.4 Å². The molecule has 0 aliphatic carbocycles. The topological polar surface area (TPSA) is 69.2 Å². The summed E-state index contributed by atoms with van der Waals surface area (Å²) in [5.41, 5.74) is 1.07. The van der Waals surface area contributed by atoms with E-state index in [1.807, 2.05) is 0 Å². The number of methoxy groups -OCH3 is 2. The number of anilines is 1. The molecule has 0 aliphatic heterocycles. The molecule has 1 N–H and O–H groups in total. The zero-order valence-corrected chi connectivity index (χ0v) is 13.3. The zero-order chi connectivity index (χ0) is 17.4. The highest BCUT2D eigenvalue weighted by Gasteiger charge is 2.04. The summed E-state index contributed by atoms with van der Waals surface area (Å²) < 4.78 is 23.3. The van der Waals surface area contributed by atoms with E-state index < -0.39 is 11.7 Å². The maximum Gasteiger partial charge on any atom is 0.265 e. The fraction of sp³-hybridized carbons (Fsp3) is 0.176. The van der Waals surface area contributed by atoms with Crippen molar-refractivity contribution < 1.29 is 23.5 Å². The lowest BCUT2D eigenvalue weighted by Gasteiger charge is -2.07. The second-order valence-corrected chi connectivity index (χ2v) is 4.68. The summed E-state index contributed by atoms with van der Waals surface area (Å²) in [6.45, 7) is -0.291. The molecule has 0 radical (unpaired) electrons. The minimum absolute atomic E-state index is 0.291. The van der Waals surface area contributed by atoms with Crippen LogP contribution in [0.25, 0.3) is 0 Å². The Kier molecular flexibility index (Phi) is 6.13. The number of carbonyl (C=O) groups is 1. The Balaban J connectivity index is 1.85. The Morgan fingerprint density at radius 1 is 1.17 bits per heavy atom. The number of carbonyl (C=O) groups excluding carboxylic acids is 1. The van der Waals surface area contributed by atoms with Gasteiger partial charge in [-0.25, -0.2) is 4.39 Å². The van der Waals surface area contributed by atoms with E-state index >= 15 is 0 Å². The Morgan fingerprint density at radius 2 is 1.96 bits per heavy atom. The molecule has 0 heterocycles.